The highest BCUT2D eigenvalue weighted by Crippen LogP contribution is 2.22. The molecule has 1 aromatic carbocycles. The molecule has 0 saturated heterocycles. The number of aliphatic hydroxyl groups excluding tert-OH is 1. The van der Waals surface area contributed by atoms with Gasteiger partial charge in [0.05, 0.1) is 0 Å². The SMILES string of the molecule is O=C(NC(CCO)C(=O)O)c1cc2ccccc2c(Cl)n1. The van der Waals surface area contributed by atoms with Crippen molar-refractivity contribution < 1.29 is 19.8 Å². The number of hydrogen-bond donors (Lipinski definition) is 3. The van der Waals surface area contributed by atoms with Gasteiger partial charge in [0.2, 0.25) is 0 Å². The van der Waals surface area contributed by atoms with Crippen molar-refractivity contribution in [3.8, 4) is 0 Å². The van der Waals surface area contributed by atoms with Gasteiger partial charge in [-0.1, -0.05) is 35.9 Å². The number of aromatic nitrogens is 1. The lowest BCUT2D eigenvalue weighted by molar-refractivity contribution is -0.139. The predicted molar refractivity (Wildman–Crippen MR) is 77.3 cm³/mol. The lowest BCUT2D eigenvalue weighted by Gasteiger charge is -2.13. The number of aliphatic carboxylic acids is 1. The molecule has 0 saturated carbocycles. The molecule has 0 aliphatic carbocycles. The number of carboxylic acids is 1. The zero-order chi connectivity index (χ0) is 15.4. The molecule has 7 heteroatoms. The first-order valence-electron chi connectivity index (χ1n) is 6.22. The van der Waals surface area contributed by atoms with Gasteiger partial charge >= 0.3 is 5.97 Å². The van der Waals surface area contributed by atoms with Crippen molar-refractivity contribution >= 4 is 34.2 Å². The number of carbonyl (C=O) groups excluding carboxylic acids is 1. The van der Waals surface area contributed by atoms with E-state index in [0.717, 1.165) is 5.39 Å². The smallest absolute Gasteiger partial charge is 0.326 e. The van der Waals surface area contributed by atoms with Crippen LogP contribution in [0.25, 0.3) is 10.8 Å². The Bertz CT molecular complexity index is 690. The molecule has 0 aliphatic heterocycles. The molecule has 1 unspecified atom stereocenters. The van der Waals surface area contributed by atoms with E-state index in [2.05, 4.69) is 10.3 Å². The summed E-state index contributed by atoms with van der Waals surface area (Å²) in [5.41, 5.74) is 0.0305. The van der Waals surface area contributed by atoms with Crippen molar-refractivity contribution in [2.24, 2.45) is 0 Å². The zero-order valence-electron chi connectivity index (χ0n) is 10.9. The summed E-state index contributed by atoms with van der Waals surface area (Å²) in [7, 11) is 0. The molecule has 0 spiro atoms. The first-order chi connectivity index (χ1) is 10.0. The zero-order valence-corrected chi connectivity index (χ0v) is 11.7. The maximum atomic E-state index is 12.1. The monoisotopic (exact) mass is 308 g/mol. The van der Waals surface area contributed by atoms with Crippen LogP contribution in [0.1, 0.15) is 16.9 Å². The maximum Gasteiger partial charge on any atom is 0.326 e. The van der Waals surface area contributed by atoms with E-state index < -0.39 is 17.9 Å². The highest BCUT2D eigenvalue weighted by atomic mass is 35.5. The molecule has 2 aromatic rings. The van der Waals surface area contributed by atoms with E-state index in [9.17, 15) is 9.59 Å². The van der Waals surface area contributed by atoms with Gasteiger partial charge in [-0.2, -0.15) is 0 Å². The number of amides is 1. The van der Waals surface area contributed by atoms with Gasteiger partial charge in [-0.3, -0.25) is 4.79 Å². The van der Waals surface area contributed by atoms with Crippen LogP contribution in [0, 0.1) is 0 Å². The number of pyridine rings is 1. The Labute approximate surface area is 125 Å². The van der Waals surface area contributed by atoms with Crippen LogP contribution in [-0.2, 0) is 4.79 Å². The van der Waals surface area contributed by atoms with Crippen LogP contribution in [-0.4, -0.2) is 39.7 Å². The van der Waals surface area contributed by atoms with E-state index in [0.29, 0.717) is 5.39 Å². The van der Waals surface area contributed by atoms with E-state index in [1.54, 1.807) is 24.3 Å². The number of halogens is 1. The number of carbonyl (C=O) groups is 2. The van der Waals surface area contributed by atoms with Crippen molar-refractivity contribution in [2.45, 2.75) is 12.5 Å². The summed E-state index contributed by atoms with van der Waals surface area (Å²) in [6, 6.07) is 7.52. The summed E-state index contributed by atoms with van der Waals surface area (Å²) in [5, 5.41) is 21.7. The van der Waals surface area contributed by atoms with Crippen molar-refractivity contribution in [1.29, 1.82) is 0 Å². The number of aliphatic hydroxyl groups is 1. The fourth-order valence-electron chi connectivity index (χ4n) is 1.89. The van der Waals surface area contributed by atoms with Gasteiger partial charge in [0.15, 0.2) is 0 Å². The quantitative estimate of drug-likeness (QED) is 0.726. The molecule has 21 heavy (non-hydrogen) atoms. The molecule has 0 fully saturated rings. The van der Waals surface area contributed by atoms with Crippen molar-refractivity contribution in [3.63, 3.8) is 0 Å². The minimum absolute atomic E-state index is 0.0305. The van der Waals surface area contributed by atoms with E-state index in [4.69, 9.17) is 21.8 Å². The molecule has 110 valence electrons. The third kappa shape index (κ3) is 3.48. The molecule has 1 amide bonds. The Kier molecular flexibility index (Phi) is 4.72. The van der Waals surface area contributed by atoms with Gasteiger partial charge in [-0.25, -0.2) is 9.78 Å². The van der Waals surface area contributed by atoms with Crippen LogP contribution in [0.5, 0.6) is 0 Å². The van der Waals surface area contributed by atoms with Crippen molar-refractivity contribution in [2.75, 3.05) is 6.61 Å². The molecule has 0 aliphatic rings. The Morgan fingerprint density at radius 2 is 2.05 bits per heavy atom. The Hall–Kier alpha value is -2.18. The number of fused-ring (bicyclic) bond motifs is 1. The summed E-state index contributed by atoms with van der Waals surface area (Å²) >= 11 is 6.02. The normalized spacial score (nSPS) is 12.1. The summed E-state index contributed by atoms with van der Waals surface area (Å²) in [4.78, 5) is 27.0. The van der Waals surface area contributed by atoms with Gasteiger partial charge in [0, 0.05) is 18.4 Å². The first kappa shape index (κ1) is 15.2. The highest BCUT2D eigenvalue weighted by molar-refractivity contribution is 6.34. The summed E-state index contributed by atoms with van der Waals surface area (Å²) in [6.45, 7) is -0.344. The topological polar surface area (TPSA) is 99.5 Å². The predicted octanol–water partition coefficient (Wildman–Crippen LogP) is 1.45. The van der Waals surface area contributed by atoms with Crippen LogP contribution in [0.3, 0.4) is 0 Å². The van der Waals surface area contributed by atoms with E-state index >= 15 is 0 Å². The first-order valence-corrected chi connectivity index (χ1v) is 6.60. The third-order valence-electron chi connectivity index (χ3n) is 2.95. The standard InChI is InChI=1S/C14H13ClN2O4/c15-12-9-4-2-1-3-8(9)7-11(16-12)13(19)17-10(5-6-18)14(20)21/h1-4,7,10,18H,5-6H2,(H,17,19)(H,20,21). The Balaban J connectivity index is 2.29. The van der Waals surface area contributed by atoms with Crippen LogP contribution in [0.4, 0.5) is 0 Å². The summed E-state index contributed by atoms with van der Waals surface area (Å²) in [6.07, 6.45) is -0.0810. The molecule has 1 atom stereocenters. The Morgan fingerprint density at radius 1 is 1.33 bits per heavy atom. The van der Waals surface area contributed by atoms with E-state index in [-0.39, 0.29) is 23.9 Å². The van der Waals surface area contributed by atoms with Gasteiger partial charge in [-0.05, 0) is 11.5 Å². The summed E-state index contributed by atoms with van der Waals surface area (Å²) in [5.74, 6) is -1.87. The molecule has 2 rings (SSSR count). The fourth-order valence-corrected chi connectivity index (χ4v) is 2.15. The average molecular weight is 309 g/mol. The van der Waals surface area contributed by atoms with Crippen molar-refractivity contribution in [3.05, 3.63) is 41.2 Å². The van der Waals surface area contributed by atoms with E-state index in [1.165, 1.54) is 6.07 Å². The third-order valence-corrected chi connectivity index (χ3v) is 3.24. The lowest BCUT2D eigenvalue weighted by atomic mass is 10.1. The second-order valence-electron chi connectivity index (χ2n) is 4.40. The molecular formula is C14H13ClN2O4. The fraction of sp³-hybridized carbons (Fsp3) is 0.214. The van der Waals surface area contributed by atoms with Gasteiger partial charge in [-0.15, -0.1) is 0 Å². The minimum atomic E-state index is -1.22. The maximum absolute atomic E-state index is 12.1. The molecule has 0 bridgehead atoms. The molecule has 1 aromatic heterocycles. The second-order valence-corrected chi connectivity index (χ2v) is 4.75. The molecular weight excluding hydrogens is 296 g/mol. The van der Waals surface area contributed by atoms with Gasteiger partial charge < -0.3 is 15.5 Å². The highest BCUT2D eigenvalue weighted by Gasteiger charge is 2.21. The van der Waals surface area contributed by atoms with Gasteiger partial charge in [0.25, 0.3) is 5.91 Å². The number of carboxylic acid groups (broad SMARTS) is 1. The number of benzene rings is 1. The van der Waals surface area contributed by atoms with Crippen LogP contribution < -0.4 is 5.32 Å². The summed E-state index contributed by atoms with van der Waals surface area (Å²) < 4.78 is 0. The lowest BCUT2D eigenvalue weighted by Crippen LogP contribution is -2.41. The Morgan fingerprint density at radius 3 is 2.71 bits per heavy atom. The molecule has 3 N–H and O–H groups in total. The largest absolute Gasteiger partial charge is 0.480 e. The second kappa shape index (κ2) is 6.51. The number of hydrogen-bond acceptors (Lipinski definition) is 4. The van der Waals surface area contributed by atoms with Gasteiger partial charge in [0.1, 0.15) is 16.9 Å². The average Bonchev–Trinajstić information content (AvgIpc) is 2.46. The number of nitrogens with one attached hydrogen (secondary N) is 1. The van der Waals surface area contributed by atoms with Crippen LogP contribution >= 0.6 is 11.6 Å². The van der Waals surface area contributed by atoms with Crippen LogP contribution in [0.2, 0.25) is 5.15 Å². The van der Waals surface area contributed by atoms with E-state index in [1.807, 2.05) is 0 Å². The molecule has 6 nitrogen and oxygen atoms in total. The minimum Gasteiger partial charge on any atom is -0.480 e. The molecule has 1 heterocycles. The number of rotatable bonds is 5. The number of nitrogens with zero attached hydrogens (tertiary/aromatic N) is 1. The molecule has 0 radical (unpaired) electrons. The van der Waals surface area contributed by atoms with Crippen LogP contribution in [0.15, 0.2) is 30.3 Å². The van der Waals surface area contributed by atoms with Crippen molar-refractivity contribution in [1.82, 2.24) is 10.3 Å².